The minimum absolute atomic E-state index is 0.319. The number of unbranched alkanes of at least 4 members (excludes halogenated alkanes) is 2. The van der Waals surface area contributed by atoms with Crippen LogP contribution in [0, 0.1) is 0 Å². The van der Waals surface area contributed by atoms with E-state index in [0.717, 1.165) is 49.1 Å². The minimum Gasteiger partial charge on any atom is -0.493 e. The van der Waals surface area contributed by atoms with E-state index in [2.05, 4.69) is 27.6 Å². The first-order chi connectivity index (χ1) is 12.3. The van der Waals surface area contributed by atoms with Crippen LogP contribution in [0.15, 0.2) is 35.4 Å². The van der Waals surface area contributed by atoms with Gasteiger partial charge in [-0.2, -0.15) is 10.2 Å². The molecule has 6 nitrogen and oxygen atoms in total. The number of carbonyl (C=O) groups excluding carboxylic acids is 1. The Morgan fingerprint density at radius 2 is 2.24 bits per heavy atom. The van der Waals surface area contributed by atoms with Crippen molar-refractivity contribution in [3.8, 4) is 5.75 Å². The van der Waals surface area contributed by atoms with Crippen molar-refractivity contribution >= 4 is 12.1 Å². The highest BCUT2D eigenvalue weighted by Gasteiger charge is 2.26. The lowest BCUT2D eigenvalue weighted by Gasteiger charge is -2.08. The summed E-state index contributed by atoms with van der Waals surface area (Å²) in [4.78, 5) is 12.1. The Morgan fingerprint density at radius 3 is 3.04 bits per heavy atom. The van der Waals surface area contributed by atoms with Crippen molar-refractivity contribution in [1.29, 1.82) is 0 Å². The van der Waals surface area contributed by atoms with Gasteiger partial charge in [-0.3, -0.25) is 9.89 Å². The first-order valence-corrected chi connectivity index (χ1v) is 8.88. The van der Waals surface area contributed by atoms with Crippen molar-refractivity contribution in [2.45, 2.75) is 44.9 Å². The van der Waals surface area contributed by atoms with E-state index in [-0.39, 0.29) is 5.91 Å². The molecule has 0 radical (unpaired) electrons. The zero-order chi connectivity index (χ0) is 17.5. The van der Waals surface area contributed by atoms with E-state index < -0.39 is 0 Å². The summed E-state index contributed by atoms with van der Waals surface area (Å²) < 4.78 is 5.80. The molecule has 0 bridgehead atoms. The normalized spacial score (nSPS) is 14.0. The maximum absolute atomic E-state index is 12.1. The number of rotatable bonds is 9. The van der Waals surface area contributed by atoms with Crippen molar-refractivity contribution in [2.75, 3.05) is 6.61 Å². The first kappa shape index (κ1) is 17.2. The molecule has 0 spiro atoms. The number of hydrogen-bond acceptors (Lipinski definition) is 4. The predicted octanol–water partition coefficient (Wildman–Crippen LogP) is 3.62. The maximum Gasteiger partial charge on any atom is 0.291 e. The molecule has 0 saturated heterocycles. The monoisotopic (exact) mass is 340 g/mol. The molecule has 2 aromatic rings. The fourth-order valence-electron chi connectivity index (χ4n) is 2.53. The van der Waals surface area contributed by atoms with E-state index in [1.165, 1.54) is 0 Å². The third-order valence-corrected chi connectivity index (χ3v) is 4.14. The summed E-state index contributed by atoms with van der Waals surface area (Å²) in [7, 11) is 0. The van der Waals surface area contributed by atoms with Crippen molar-refractivity contribution < 1.29 is 9.53 Å². The van der Waals surface area contributed by atoms with Crippen LogP contribution >= 0.6 is 0 Å². The summed E-state index contributed by atoms with van der Waals surface area (Å²) in [5, 5.41) is 11.0. The second kappa shape index (κ2) is 8.46. The van der Waals surface area contributed by atoms with Crippen molar-refractivity contribution in [2.24, 2.45) is 5.10 Å². The van der Waals surface area contributed by atoms with Gasteiger partial charge in [-0.05, 0) is 37.5 Å². The van der Waals surface area contributed by atoms with Crippen molar-refractivity contribution in [3.63, 3.8) is 0 Å². The molecule has 2 N–H and O–H groups in total. The highest BCUT2D eigenvalue weighted by Crippen LogP contribution is 2.38. The topological polar surface area (TPSA) is 79.4 Å². The number of amides is 1. The molecule has 1 amide bonds. The van der Waals surface area contributed by atoms with Gasteiger partial charge in [-0.25, -0.2) is 5.43 Å². The van der Waals surface area contributed by atoms with Crippen molar-refractivity contribution in [3.05, 3.63) is 47.3 Å². The largest absolute Gasteiger partial charge is 0.493 e. The molecule has 6 heteroatoms. The number of H-pyrrole nitrogens is 1. The summed E-state index contributed by atoms with van der Waals surface area (Å²) in [6.07, 6.45) is 7.27. The predicted molar refractivity (Wildman–Crippen MR) is 97.1 cm³/mol. The van der Waals surface area contributed by atoms with E-state index in [1.54, 1.807) is 12.3 Å². The van der Waals surface area contributed by atoms with Gasteiger partial charge in [0.1, 0.15) is 5.75 Å². The van der Waals surface area contributed by atoms with E-state index in [9.17, 15) is 4.79 Å². The number of hydrogen-bond donors (Lipinski definition) is 2. The summed E-state index contributed by atoms with van der Waals surface area (Å²) in [6, 6.07) is 9.45. The molecule has 25 heavy (non-hydrogen) atoms. The summed E-state index contributed by atoms with van der Waals surface area (Å²) in [5.41, 5.74) is 4.74. The number of carbonyl (C=O) groups is 1. The van der Waals surface area contributed by atoms with Crippen LogP contribution in [0.2, 0.25) is 0 Å². The van der Waals surface area contributed by atoms with Crippen LogP contribution in [-0.2, 0) is 0 Å². The number of nitrogens with one attached hydrogen (secondary N) is 2. The van der Waals surface area contributed by atoms with Crippen LogP contribution < -0.4 is 10.2 Å². The quantitative estimate of drug-likeness (QED) is 0.416. The molecule has 0 aliphatic heterocycles. The lowest BCUT2D eigenvalue weighted by molar-refractivity contribution is 0.0950. The van der Waals surface area contributed by atoms with Gasteiger partial charge in [0.2, 0.25) is 0 Å². The van der Waals surface area contributed by atoms with E-state index in [4.69, 9.17) is 4.74 Å². The highest BCUT2D eigenvalue weighted by molar-refractivity contribution is 5.93. The van der Waals surface area contributed by atoms with Gasteiger partial charge < -0.3 is 4.74 Å². The highest BCUT2D eigenvalue weighted by atomic mass is 16.5. The summed E-state index contributed by atoms with van der Waals surface area (Å²) in [6.45, 7) is 2.85. The average molecular weight is 340 g/mol. The van der Waals surface area contributed by atoms with E-state index in [1.807, 2.05) is 24.3 Å². The average Bonchev–Trinajstić information content (AvgIpc) is 3.36. The van der Waals surface area contributed by atoms with Crippen LogP contribution in [0.4, 0.5) is 0 Å². The zero-order valence-corrected chi connectivity index (χ0v) is 14.5. The lowest BCUT2D eigenvalue weighted by Crippen LogP contribution is -2.18. The van der Waals surface area contributed by atoms with Crippen LogP contribution in [0.3, 0.4) is 0 Å². The molecule has 3 rings (SSSR count). The van der Waals surface area contributed by atoms with Gasteiger partial charge in [0, 0.05) is 17.2 Å². The van der Waals surface area contributed by atoms with Gasteiger partial charge in [0.25, 0.3) is 5.91 Å². The van der Waals surface area contributed by atoms with Crippen LogP contribution in [-0.4, -0.2) is 28.9 Å². The molecule has 1 saturated carbocycles. The number of hydrazone groups is 1. The minimum atomic E-state index is -0.319. The number of aromatic amines is 1. The Morgan fingerprint density at radius 1 is 1.40 bits per heavy atom. The Kier molecular flexibility index (Phi) is 5.82. The van der Waals surface area contributed by atoms with Crippen LogP contribution in [0.1, 0.15) is 66.7 Å². The zero-order valence-electron chi connectivity index (χ0n) is 14.5. The SMILES string of the molecule is CCCCCOc1ccccc1C=NNC(=O)c1cc(C2CC2)[nH]n1. The third kappa shape index (κ3) is 4.92. The molecule has 132 valence electrons. The van der Waals surface area contributed by atoms with E-state index in [0.29, 0.717) is 18.2 Å². The Hall–Kier alpha value is -2.63. The van der Waals surface area contributed by atoms with E-state index >= 15 is 0 Å². The Labute approximate surface area is 147 Å². The molecule has 1 fully saturated rings. The van der Waals surface area contributed by atoms with Crippen molar-refractivity contribution in [1.82, 2.24) is 15.6 Å². The molecule has 1 heterocycles. The second-order valence-electron chi connectivity index (χ2n) is 6.28. The van der Waals surface area contributed by atoms with Gasteiger partial charge in [0.15, 0.2) is 5.69 Å². The fourth-order valence-corrected chi connectivity index (χ4v) is 2.53. The fraction of sp³-hybridized carbons (Fsp3) is 0.421. The Bertz CT molecular complexity index is 735. The molecular formula is C19H24N4O2. The van der Waals surface area contributed by atoms with Gasteiger partial charge in [-0.15, -0.1) is 0 Å². The van der Waals surface area contributed by atoms with Gasteiger partial charge >= 0.3 is 0 Å². The van der Waals surface area contributed by atoms with Crippen LogP contribution in [0.25, 0.3) is 0 Å². The number of para-hydroxylation sites is 1. The Balaban J connectivity index is 1.54. The molecule has 1 aromatic heterocycles. The number of benzene rings is 1. The lowest BCUT2D eigenvalue weighted by atomic mass is 10.2. The molecule has 1 aromatic carbocycles. The molecule has 0 atom stereocenters. The number of aromatic nitrogens is 2. The summed E-state index contributed by atoms with van der Waals surface area (Å²) >= 11 is 0. The standard InChI is InChI=1S/C19H24N4O2/c1-2-3-6-11-25-18-8-5-4-7-15(18)13-20-23-19(24)17-12-16(21-22-17)14-9-10-14/h4-5,7-8,12-14H,2-3,6,9-11H2,1H3,(H,21,22)(H,23,24). The van der Waals surface area contributed by atoms with Gasteiger partial charge in [0.05, 0.1) is 12.8 Å². The second-order valence-corrected chi connectivity index (χ2v) is 6.28. The molecule has 1 aliphatic rings. The first-order valence-electron chi connectivity index (χ1n) is 8.88. The molecule has 0 unspecified atom stereocenters. The van der Waals surface area contributed by atoms with Gasteiger partial charge in [-0.1, -0.05) is 31.9 Å². The number of nitrogens with zero attached hydrogens (tertiary/aromatic N) is 2. The number of ether oxygens (including phenoxy) is 1. The third-order valence-electron chi connectivity index (χ3n) is 4.14. The smallest absolute Gasteiger partial charge is 0.291 e. The summed E-state index contributed by atoms with van der Waals surface area (Å²) in [5.74, 6) is 0.988. The molecule has 1 aliphatic carbocycles. The van der Waals surface area contributed by atoms with Crippen LogP contribution in [0.5, 0.6) is 5.75 Å². The molecular weight excluding hydrogens is 316 g/mol. The maximum atomic E-state index is 12.1.